The average Bonchev–Trinajstić information content (AvgIpc) is 3.01. The Bertz CT molecular complexity index is 1650. The molecule has 45 heavy (non-hydrogen) atoms. The molecule has 4 aromatic carbocycles. The monoisotopic (exact) mass is 610 g/mol. The van der Waals surface area contributed by atoms with Gasteiger partial charge in [0.1, 0.15) is 23.0 Å². The van der Waals surface area contributed by atoms with Crippen LogP contribution in [0.3, 0.4) is 0 Å². The van der Waals surface area contributed by atoms with Gasteiger partial charge >= 0.3 is 11.9 Å². The van der Waals surface area contributed by atoms with Crippen molar-refractivity contribution in [3.63, 3.8) is 0 Å². The quantitative estimate of drug-likeness (QED) is 0.117. The summed E-state index contributed by atoms with van der Waals surface area (Å²) < 4.78 is 12.0. The van der Waals surface area contributed by atoms with Crippen molar-refractivity contribution in [2.24, 2.45) is 0 Å². The van der Waals surface area contributed by atoms with Gasteiger partial charge in [0.25, 0.3) is 0 Å². The van der Waals surface area contributed by atoms with E-state index in [-0.39, 0.29) is 42.9 Å². The van der Waals surface area contributed by atoms with Gasteiger partial charge < -0.3 is 30.3 Å². The maximum Gasteiger partial charge on any atom is 0.303 e. The van der Waals surface area contributed by atoms with Crippen molar-refractivity contribution in [3.8, 4) is 23.0 Å². The number of amides is 2. The highest BCUT2D eigenvalue weighted by Gasteiger charge is 2.24. The minimum absolute atomic E-state index is 0.0940. The molecule has 0 fully saturated rings. The zero-order valence-electron chi connectivity index (χ0n) is 24.9. The van der Waals surface area contributed by atoms with Crippen molar-refractivity contribution in [1.82, 2.24) is 0 Å². The molecule has 0 saturated carbocycles. The van der Waals surface area contributed by atoms with Crippen LogP contribution in [0.5, 0.6) is 23.0 Å². The van der Waals surface area contributed by atoms with E-state index in [1.165, 1.54) is 0 Å². The number of carbonyl (C=O) groups excluding carboxylic acids is 2. The SMILES string of the molecule is CC(C)(c1ccc(Oc2ccc(NC(=O)CCC(=O)O)cc2)cc1)c1cccc(Oc2ccc(NC(=O)CCC(=O)O)cc2)c1. The molecule has 0 aliphatic rings. The number of carboxylic acid groups (broad SMARTS) is 2. The van der Waals surface area contributed by atoms with Crippen LogP contribution in [0.25, 0.3) is 0 Å². The standard InChI is InChI=1S/C35H34N2O8/c1-35(2,23-6-12-27(13-7-23)44-28-14-8-25(9-15-28)36-31(38)18-20-33(40)41)24-4-3-5-30(22-24)45-29-16-10-26(11-17-29)37-32(39)19-21-34(42)43/h3-17,22H,18-21H2,1-2H3,(H,36,38)(H,37,39)(H,40,41)(H,42,43). The molecular formula is C35H34N2O8. The molecule has 0 saturated heterocycles. The minimum Gasteiger partial charge on any atom is -0.481 e. The lowest BCUT2D eigenvalue weighted by Crippen LogP contribution is -2.18. The van der Waals surface area contributed by atoms with Crippen LogP contribution in [0.15, 0.2) is 97.1 Å². The molecule has 0 spiro atoms. The Morgan fingerprint density at radius 3 is 1.42 bits per heavy atom. The first-order valence-corrected chi connectivity index (χ1v) is 14.3. The fraction of sp³-hybridized carbons (Fsp3) is 0.200. The molecule has 0 unspecified atom stereocenters. The molecule has 2 amide bonds. The largest absolute Gasteiger partial charge is 0.481 e. The number of ether oxygens (including phenoxy) is 2. The normalized spacial score (nSPS) is 10.9. The van der Waals surface area contributed by atoms with Crippen LogP contribution >= 0.6 is 0 Å². The van der Waals surface area contributed by atoms with E-state index in [2.05, 4.69) is 24.5 Å². The van der Waals surface area contributed by atoms with E-state index in [1.54, 1.807) is 48.5 Å². The first-order chi connectivity index (χ1) is 21.5. The molecule has 0 atom stereocenters. The molecule has 0 aliphatic carbocycles. The summed E-state index contributed by atoms with van der Waals surface area (Å²) in [6.45, 7) is 4.24. The molecule has 0 aromatic heterocycles. The van der Waals surface area contributed by atoms with Gasteiger partial charge in [-0.2, -0.15) is 0 Å². The zero-order valence-corrected chi connectivity index (χ0v) is 24.9. The third-order valence-corrected chi connectivity index (χ3v) is 7.01. The van der Waals surface area contributed by atoms with Gasteiger partial charge in [0.15, 0.2) is 0 Å². The first kappa shape index (κ1) is 32.3. The number of carbonyl (C=O) groups is 4. The first-order valence-electron chi connectivity index (χ1n) is 14.3. The van der Waals surface area contributed by atoms with Gasteiger partial charge in [0, 0.05) is 29.6 Å². The lowest BCUT2D eigenvalue weighted by Gasteiger charge is -2.27. The van der Waals surface area contributed by atoms with Gasteiger partial charge in [-0.25, -0.2) is 0 Å². The van der Waals surface area contributed by atoms with Crippen molar-refractivity contribution in [1.29, 1.82) is 0 Å². The second-order valence-electron chi connectivity index (χ2n) is 10.8. The average molecular weight is 611 g/mol. The molecule has 0 heterocycles. The molecule has 0 aliphatic heterocycles. The molecular weight excluding hydrogens is 576 g/mol. The summed E-state index contributed by atoms with van der Waals surface area (Å²) in [7, 11) is 0. The Labute approximate surface area is 260 Å². The number of rotatable bonds is 14. The number of carboxylic acids is 2. The van der Waals surface area contributed by atoms with Gasteiger partial charge in [-0.1, -0.05) is 38.1 Å². The summed E-state index contributed by atoms with van der Waals surface area (Å²) in [5.74, 6) is -0.303. The summed E-state index contributed by atoms with van der Waals surface area (Å²) in [6, 6.07) is 29.3. The summed E-state index contributed by atoms with van der Waals surface area (Å²) in [5.41, 5.74) is 2.85. The predicted octanol–water partition coefficient (Wildman–Crippen LogP) is 7.20. The Balaban J connectivity index is 1.35. The van der Waals surface area contributed by atoms with Crippen molar-refractivity contribution in [3.05, 3.63) is 108 Å². The van der Waals surface area contributed by atoms with E-state index >= 15 is 0 Å². The molecule has 232 valence electrons. The topological polar surface area (TPSA) is 151 Å². The Kier molecular flexibility index (Phi) is 10.5. The van der Waals surface area contributed by atoms with Crippen LogP contribution in [0.4, 0.5) is 11.4 Å². The maximum absolute atomic E-state index is 11.9. The van der Waals surface area contributed by atoms with Crippen LogP contribution in [-0.2, 0) is 24.6 Å². The number of nitrogens with one attached hydrogen (secondary N) is 2. The van der Waals surface area contributed by atoms with Crippen LogP contribution in [-0.4, -0.2) is 34.0 Å². The summed E-state index contributed by atoms with van der Waals surface area (Å²) in [4.78, 5) is 45.0. The number of benzene rings is 4. The smallest absolute Gasteiger partial charge is 0.303 e. The Hall–Kier alpha value is -5.64. The van der Waals surface area contributed by atoms with E-state index in [1.807, 2.05) is 48.5 Å². The highest BCUT2D eigenvalue weighted by atomic mass is 16.5. The van der Waals surface area contributed by atoms with Gasteiger partial charge in [-0.15, -0.1) is 0 Å². The van der Waals surface area contributed by atoms with Crippen molar-refractivity contribution in [2.75, 3.05) is 10.6 Å². The minimum atomic E-state index is -1.02. The molecule has 0 radical (unpaired) electrons. The molecule has 10 nitrogen and oxygen atoms in total. The summed E-state index contributed by atoms with van der Waals surface area (Å²) >= 11 is 0. The second kappa shape index (κ2) is 14.7. The fourth-order valence-corrected chi connectivity index (χ4v) is 4.43. The molecule has 4 N–H and O–H groups in total. The maximum atomic E-state index is 11.9. The van der Waals surface area contributed by atoms with Gasteiger partial charge in [-0.3, -0.25) is 19.2 Å². The highest BCUT2D eigenvalue weighted by Crippen LogP contribution is 2.36. The fourth-order valence-electron chi connectivity index (χ4n) is 4.43. The lowest BCUT2D eigenvalue weighted by atomic mass is 9.78. The molecule has 4 rings (SSSR count). The zero-order chi connectivity index (χ0) is 32.4. The number of hydrogen-bond acceptors (Lipinski definition) is 6. The predicted molar refractivity (Wildman–Crippen MR) is 169 cm³/mol. The third kappa shape index (κ3) is 9.69. The highest BCUT2D eigenvalue weighted by molar-refractivity contribution is 5.93. The number of anilines is 2. The van der Waals surface area contributed by atoms with E-state index in [0.717, 1.165) is 11.1 Å². The van der Waals surface area contributed by atoms with Crippen LogP contribution in [0.1, 0.15) is 50.7 Å². The lowest BCUT2D eigenvalue weighted by molar-refractivity contribution is -0.138. The van der Waals surface area contributed by atoms with Crippen molar-refractivity contribution >= 4 is 35.1 Å². The number of aliphatic carboxylic acids is 2. The molecule has 0 bridgehead atoms. The molecule has 10 heteroatoms. The Morgan fingerprint density at radius 2 is 0.978 bits per heavy atom. The van der Waals surface area contributed by atoms with Gasteiger partial charge in [-0.05, 0) is 83.9 Å². The van der Waals surface area contributed by atoms with Gasteiger partial charge in [0.05, 0.1) is 12.8 Å². The third-order valence-electron chi connectivity index (χ3n) is 7.01. The van der Waals surface area contributed by atoms with E-state index in [4.69, 9.17) is 19.7 Å². The van der Waals surface area contributed by atoms with Crippen molar-refractivity contribution < 1.29 is 38.9 Å². The number of hydrogen-bond donors (Lipinski definition) is 4. The summed E-state index contributed by atoms with van der Waals surface area (Å²) in [6.07, 6.45) is -0.641. The van der Waals surface area contributed by atoms with E-state index in [9.17, 15) is 19.2 Å². The van der Waals surface area contributed by atoms with Crippen LogP contribution < -0.4 is 20.1 Å². The Morgan fingerprint density at radius 1 is 0.556 bits per heavy atom. The van der Waals surface area contributed by atoms with Gasteiger partial charge in [0.2, 0.25) is 11.8 Å². The van der Waals surface area contributed by atoms with E-state index < -0.39 is 11.9 Å². The molecule has 4 aromatic rings. The summed E-state index contributed by atoms with van der Waals surface area (Å²) in [5, 5.41) is 22.8. The second-order valence-corrected chi connectivity index (χ2v) is 10.8. The van der Waals surface area contributed by atoms with E-state index in [0.29, 0.717) is 34.4 Å². The van der Waals surface area contributed by atoms with Crippen LogP contribution in [0.2, 0.25) is 0 Å². The van der Waals surface area contributed by atoms with Crippen LogP contribution in [0, 0.1) is 0 Å². The van der Waals surface area contributed by atoms with Crippen molar-refractivity contribution in [2.45, 2.75) is 44.9 Å².